The quantitative estimate of drug-likeness (QED) is 0.788. The van der Waals surface area contributed by atoms with E-state index in [1.54, 1.807) is 31.2 Å². The van der Waals surface area contributed by atoms with E-state index in [2.05, 4.69) is 11.4 Å². The van der Waals surface area contributed by atoms with Crippen LogP contribution in [0.3, 0.4) is 0 Å². The second-order valence-electron chi connectivity index (χ2n) is 5.24. The van der Waals surface area contributed by atoms with E-state index in [-0.39, 0.29) is 11.7 Å². The summed E-state index contributed by atoms with van der Waals surface area (Å²) in [6.07, 6.45) is 2.92. The standard InChI is InChI=1S/C17H20N2O3/c1-2-22-17(21)16(10-12-6-8-14(20)9-7-12)19-15-5-3-4-13(15)11-18/h6-9,16,19-20H,2-5,10H2,1H3/t16-/m0/s1. The molecule has 1 aromatic rings. The minimum atomic E-state index is -0.527. The Hall–Kier alpha value is -2.48. The average Bonchev–Trinajstić information content (AvgIpc) is 2.96. The maximum Gasteiger partial charge on any atom is 0.328 e. The number of carbonyl (C=O) groups excluding carboxylic acids is 1. The first-order chi connectivity index (χ1) is 10.6. The molecule has 0 saturated carbocycles. The van der Waals surface area contributed by atoms with E-state index in [1.165, 1.54) is 0 Å². The van der Waals surface area contributed by atoms with Crippen molar-refractivity contribution in [3.8, 4) is 11.8 Å². The number of hydrogen-bond donors (Lipinski definition) is 2. The van der Waals surface area contributed by atoms with Crippen LogP contribution in [0.1, 0.15) is 31.7 Å². The molecule has 1 aliphatic carbocycles. The fraction of sp³-hybridized carbons (Fsp3) is 0.412. The van der Waals surface area contributed by atoms with Crippen LogP contribution in [0.15, 0.2) is 35.5 Å². The van der Waals surface area contributed by atoms with Gasteiger partial charge in [-0.25, -0.2) is 4.79 Å². The van der Waals surface area contributed by atoms with E-state index in [0.29, 0.717) is 13.0 Å². The van der Waals surface area contributed by atoms with E-state index >= 15 is 0 Å². The van der Waals surface area contributed by atoms with Gasteiger partial charge in [-0.2, -0.15) is 5.26 Å². The largest absolute Gasteiger partial charge is 0.508 e. The summed E-state index contributed by atoms with van der Waals surface area (Å²) in [5, 5.41) is 21.6. The highest BCUT2D eigenvalue weighted by Crippen LogP contribution is 2.24. The molecular formula is C17H20N2O3. The van der Waals surface area contributed by atoms with E-state index in [9.17, 15) is 9.90 Å². The summed E-state index contributed by atoms with van der Waals surface area (Å²) in [6, 6.07) is 8.40. The van der Waals surface area contributed by atoms with Crippen LogP contribution in [-0.2, 0) is 16.0 Å². The van der Waals surface area contributed by atoms with Crippen LogP contribution in [0.4, 0.5) is 0 Å². The number of nitriles is 1. The van der Waals surface area contributed by atoms with Gasteiger partial charge in [0.15, 0.2) is 0 Å². The summed E-state index contributed by atoms with van der Waals surface area (Å²) in [5.41, 5.74) is 2.49. The monoisotopic (exact) mass is 300 g/mol. The summed E-state index contributed by atoms with van der Waals surface area (Å²) in [4.78, 5) is 12.2. The van der Waals surface area contributed by atoms with E-state index in [4.69, 9.17) is 10.00 Å². The van der Waals surface area contributed by atoms with Crippen LogP contribution in [0.5, 0.6) is 5.75 Å². The molecule has 5 heteroatoms. The third-order valence-electron chi connectivity index (χ3n) is 3.65. The van der Waals surface area contributed by atoms with E-state index in [1.807, 2.05) is 0 Å². The summed E-state index contributed by atoms with van der Waals surface area (Å²) >= 11 is 0. The van der Waals surface area contributed by atoms with Gasteiger partial charge in [0.05, 0.1) is 12.7 Å². The molecule has 22 heavy (non-hydrogen) atoms. The topological polar surface area (TPSA) is 82.3 Å². The molecule has 0 heterocycles. The molecule has 5 nitrogen and oxygen atoms in total. The lowest BCUT2D eigenvalue weighted by atomic mass is 10.0. The Labute approximate surface area is 130 Å². The molecule has 0 fully saturated rings. The molecule has 1 atom stereocenters. The van der Waals surface area contributed by atoms with Crippen molar-refractivity contribution in [2.24, 2.45) is 0 Å². The Balaban J connectivity index is 2.14. The Bertz CT molecular complexity index is 599. The van der Waals surface area contributed by atoms with Gasteiger partial charge in [0, 0.05) is 17.7 Å². The molecular weight excluding hydrogens is 280 g/mol. The zero-order chi connectivity index (χ0) is 15.9. The van der Waals surface area contributed by atoms with Gasteiger partial charge in [-0.15, -0.1) is 0 Å². The number of esters is 1. The van der Waals surface area contributed by atoms with Crippen molar-refractivity contribution in [2.45, 2.75) is 38.6 Å². The van der Waals surface area contributed by atoms with Gasteiger partial charge < -0.3 is 15.2 Å². The van der Waals surface area contributed by atoms with Crippen molar-refractivity contribution >= 4 is 5.97 Å². The number of ether oxygens (including phenoxy) is 1. The summed E-state index contributed by atoms with van der Waals surface area (Å²) in [6.45, 7) is 2.09. The number of phenols is 1. The smallest absolute Gasteiger partial charge is 0.328 e. The lowest BCUT2D eigenvalue weighted by molar-refractivity contribution is -0.145. The van der Waals surface area contributed by atoms with Crippen molar-refractivity contribution in [1.82, 2.24) is 5.32 Å². The molecule has 0 aromatic heterocycles. The SMILES string of the molecule is CCOC(=O)[C@H](Cc1ccc(O)cc1)NC1=C(C#N)CCC1. The Morgan fingerprint density at radius 3 is 2.77 bits per heavy atom. The predicted molar refractivity (Wildman–Crippen MR) is 81.9 cm³/mol. The molecule has 1 aliphatic rings. The maximum absolute atomic E-state index is 12.2. The first kappa shape index (κ1) is 15.9. The minimum Gasteiger partial charge on any atom is -0.508 e. The van der Waals surface area contributed by atoms with Gasteiger partial charge in [-0.1, -0.05) is 12.1 Å². The molecule has 116 valence electrons. The summed E-state index contributed by atoms with van der Waals surface area (Å²) in [7, 11) is 0. The molecule has 0 unspecified atom stereocenters. The zero-order valence-corrected chi connectivity index (χ0v) is 12.6. The highest BCUT2D eigenvalue weighted by atomic mass is 16.5. The van der Waals surface area contributed by atoms with Gasteiger partial charge >= 0.3 is 5.97 Å². The number of rotatable bonds is 6. The van der Waals surface area contributed by atoms with Gasteiger partial charge in [0.25, 0.3) is 0 Å². The molecule has 0 spiro atoms. The van der Waals surface area contributed by atoms with Crippen LogP contribution < -0.4 is 5.32 Å². The number of aromatic hydroxyl groups is 1. The Kier molecular flexibility index (Phi) is 5.42. The molecule has 2 N–H and O–H groups in total. The summed E-state index contributed by atoms with van der Waals surface area (Å²) in [5.74, 6) is -0.137. The highest BCUT2D eigenvalue weighted by molar-refractivity contribution is 5.76. The van der Waals surface area contributed by atoms with Gasteiger partial charge in [-0.05, 0) is 43.9 Å². The van der Waals surface area contributed by atoms with Crippen molar-refractivity contribution < 1.29 is 14.6 Å². The lowest BCUT2D eigenvalue weighted by Crippen LogP contribution is -2.39. The van der Waals surface area contributed by atoms with Crippen molar-refractivity contribution in [2.75, 3.05) is 6.61 Å². The van der Waals surface area contributed by atoms with Gasteiger partial charge in [-0.3, -0.25) is 0 Å². The first-order valence-corrected chi connectivity index (χ1v) is 7.47. The molecule has 1 aromatic carbocycles. The number of benzene rings is 1. The summed E-state index contributed by atoms with van der Waals surface area (Å²) < 4.78 is 5.12. The van der Waals surface area contributed by atoms with Gasteiger partial charge in [0.2, 0.25) is 0 Å². The third-order valence-corrected chi connectivity index (χ3v) is 3.65. The van der Waals surface area contributed by atoms with Crippen LogP contribution in [0.2, 0.25) is 0 Å². The molecule has 2 rings (SSSR count). The fourth-order valence-electron chi connectivity index (χ4n) is 2.54. The molecule has 0 amide bonds. The maximum atomic E-state index is 12.2. The average molecular weight is 300 g/mol. The number of phenolic OH excluding ortho intramolecular Hbond substituents is 1. The molecule has 0 saturated heterocycles. The van der Waals surface area contributed by atoms with Crippen molar-refractivity contribution in [3.05, 3.63) is 41.1 Å². The number of carbonyl (C=O) groups is 1. The lowest BCUT2D eigenvalue weighted by Gasteiger charge is -2.19. The fourth-order valence-corrected chi connectivity index (χ4v) is 2.54. The molecule has 0 radical (unpaired) electrons. The van der Waals surface area contributed by atoms with Crippen LogP contribution >= 0.6 is 0 Å². The second-order valence-corrected chi connectivity index (χ2v) is 5.24. The highest BCUT2D eigenvalue weighted by Gasteiger charge is 2.24. The van der Waals surface area contributed by atoms with Crippen molar-refractivity contribution in [3.63, 3.8) is 0 Å². The molecule has 0 bridgehead atoms. The van der Waals surface area contributed by atoms with Crippen LogP contribution in [0, 0.1) is 11.3 Å². The van der Waals surface area contributed by atoms with Gasteiger partial charge in [0.1, 0.15) is 11.8 Å². The predicted octanol–water partition coefficient (Wildman–Crippen LogP) is 2.42. The number of nitrogens with zero attached hydrogens (tertiary/aromatic N) is 1. The van der Waals surface area contributed by atoms with E-state index in [0.717, 1.165) is 36.1 Å². The van der Waals surface area contributed by atoms with Crippen molar-refractivity contribution in [1.29, 1.82) is 5.26 Å². The third kappa shape index (κ3) is 4.01. The van der Waals surface area contributed by atoms with E-state index < -0.39 is 6.04 Å². The first-order valence-electron chi connectivity index (χ1n) is 7.47. The zero-order valence-electron chi connectivity index (χ0n) is 12.6. The molecule has 0 aliphatic heterocycles. The normalized spacial score (nSPS) is 15.3. The minimum absolute atomic E-state index is 0.190. The Morgan fingerprint density at radius 2 is 2.14 bits per heavy atom. The van der Waals surface area contributed by atoms with Crippen LogP contribution in [0.25, 0.3) is 0 Å². The number of nitrogens with one attached hydrogen (secondary N) is 1. The Morgan fingerprint density at radius 1 is 1.41 bits per heavy atom. The number of allylic oxidation sites excluding steroid dienone is 2. The number of hydrogen-bond acceptors (Lipinski definition) is 5. The second kappa shape index (κ2) is 7.51. The van der Waals surface area contributed by atoms with Crippen LogP contribution in [-0.4, -0.2) is 23.7 Å².